The molecule has 0 bridgehead atoms. The molecule has 0 radical (unpaired) electrons. The number of halogens is 1. The summed E-state index contributed by atoms with van der Waals surface area (Å²) in [5.74, 6) is -1.55. The molecule has 21 heavy (non-hydrogen) atoms. The topological polar surface area (TPSA) is 87.7 Å². The first-order chi connectivity index (χ1) is 9.85. The van der Waals surface area contributed by atoms with Gasteiger partial charge in [-0.15, -0.1) is 0 Å². The Morgan fingerprint density at radius 2 is 2.05 bits per heavy atom. The van der Waals surface area contributed by atoms with Gasteiger partial charge in [0.2, 0.25) is 0 Å². The monoisotopic (exact) mass is 298 g/mol. The van der Waals surface area contributed by atoms with Crippen LogP contribution < -0.4 is 10.6 Å². The minimum absolute atomic E-state index is 0.143. The molecule has 2 amide bonds. The number of aliphatic carboxylic acids is 1. The summed E-state index contributed by atoms with van der Waals surface area (Å²) in [7, 11) is 1.34. The van der Waals surface area contributed by atoms with Crippen LogP contribution in [0.3, 0.4) is 0 Å². The molecule has 0 saturated heterocycles. The third-order valence-electron chi connectivity index (χ3n) is 2.98. The Morgan fingerprint density at radius 1 is 1.38 bits per heavy atom. The van der Waals surface area contributed by atoms with Crippen LogP contribution in [0.25, 0.3) is 0 Å². The molecule has 7 heteroatoms. The Bertz CT molecular complexity index is 522. The van der Waals surface area contributed by atoms with E-state index in [9.17, 15) is 14.0 Å². The second-order valence-corrected chi connectivity index (χ2v) is 4.69. The summed E-state index contributed by atoms with van der Waals surface area (Å²) in [5.41, 5.74) is 1.10. The second kappa shape index (κ2) is 7.58. The zero-order chi connectivity index (χ0) is 16.0. The number of ether oxygens (including phenoxy) is 1. The average Bonchev–Trinajstić information content (AvgIpc) is 2.41. The average molecular weight is 298 g/mol. The van der Waals surface area contributed by atoms with Crippen LogP contribution in [0.1, 0.15) is 24.1 Å². The summed E-state index contributed by atoms with van der Waals surface area (Å²) in [6.07, 6.45) is 0. The van der Waals surface area contributed by atoms with Gasteiger partial charge < -0.3 is 20.5 Å². The van der Waals surface area contributed by atoms with Crippen LogP contribution in [0.15, 0.2) is 18.2 Å². The SMILES string of the molecule is COCC(NC(=O)NC(C)c1ccc(C)c(F)c1)C(=O)O. The van der Waals surface area contributed by atoms with E-state index in [0.717, 1.165) is 0 Å². The van der Waals surface area contributed by atoms with Crippen LogP contribution in [0, 0.1) is 12.7 Å². The number of benzene rings is 1. The number of carbonyl (C=O) groups excluding carboxylic acids is 1. The number of amides is 2. The van der Waals surface area contributed by atoms with Crippen LogP contribution in [0.4, 0.5) is 9.18 Å². The van der Waals surface area contributed by atoms with Crippen molar-refractivity contribution in [1.29, 1.82) is 0 Å². The number of hydrogen-bond donors (Lipinski definition) is 3. The van der Waals surface area contributed by atoms with Gasteiger partial charge in [-0.2, -0.15) is 0 Å². The lowest BCUT2D eigenvalue weighted by Gasteiger charge is -2.18. The van der Waals surface area contributed by atoms with Gasteiger partial charge in [-0.3, -0.25) is 0 Å². The molecule has 1 aromatic rings. The van der Waals surface area contributed by atoms with Gasteiger partial charge in [0.25, 0.3) is 0 Å². The number of aryl methyl sites for hydroxylation is 1. The van der Waals surface area contributed by atoms with Crippen molar-refractivity contribution in [2.45, 2.75) is 25.9 Å². The number of carbonyl (C=O) groups is 2. The van der Waals surface area contributed by atoms with Crippen LogP contribution in [-0.4, -0.2) is 36.9 Å². The summed E-state index contributed by atoms with van der Waals surface area (Å²) in [4.78, 5) is 22.6. The van der Waals surface area contributed by atoms with Gasteiger partial charge in [0.05, 0.1) is 12.6 Å². The van der Waals surface area contributed by atoms with E-state index in [-0.39, 0.29) is 12.4 Å². The lowest BCUT2D eigenvalue weighted by Crippen LogP contribution is -2.48. The number of rotatable bonds is 6. The molecule has 0 aliphatic heterocycles. The third kappa shape index (κ3) is 5.03. The molecule has 0 saturated carbocycles. The molecule has 0 heterocycles. The molecule has 1 aromatic carbocycles. The van der Waals surface area contributed by atoms with Crippen molar-refractivity contribution in [2.24, 2.45) is 0 Å². The highest BCUT2D eigenvalue weighted by Crippen LogP contribution is 2.16. The molecule has 2 unspecified atom stereocenters. The quantitative estimate of drug-likeness (QED) is 0.744. The molecule has 0 spiro atoms. The smallest absolute Gasteiger partial charge is 0.328 e. The van der Waals surface area contributed by atoms with E-state index < -0.39 is 24.1 Å². The maximum absolute atomic E-state index is 13.5. The fraction of sp³-hybridized carbons (Fsp3) is 0.429. The standard InChI is InChI=1S/C14H19FN2O4/c1-8-4-5-10(6-11(8)15)9(2)16-14(20)17-12(7-21-3)13(18)19/h4-6,9,12H,7H2,1-3H3,(H,18,19)(H2,16,17,20). The minimum atomic E-state index is -1.19. The van der Waals surface area contributed by atoms with E-state index in [1.807, 2.05) is 0 Å². The Balaban J connectivity index is 2.64. The van der Waals surface area contributed by atoms with E-state index in [1.54, 1.807) is 26.0 Å². The first kappa shape index (κ1) is 16.9. The Kier molecular flexibility index (Phi) is 6.10. The first-order valence-electron chi connectivity index (χ1n) is 6.40. The maximum atomic E-state index is 13.5. The van der Waals surface area contributed by atoms with Gasteiger partial charge in [-0.25, -0.2) is 14.0 Å². The molecule has 116 valence electrons. The molecule has 0 aromatic heterocycles. The van der Waals surface area contributed by atoms with Crippen LogP contribution >= 0.6 is 0 Å². The summed E-state index contributed by atoms with van der Waals surface area (Å²) in [6, 6.07) is 2.39. The largest absolute Gasteiger partial charge is 0.480 e. The van der Waals surface area contributed by atoms with Gasteiger partial charge in [-0.1, -0.05) is 12.1 Å². The normalized spacial score (nSPS) is 13.3. The highest BCUT2D eigenvalue weighted by atomic mass is 19.1. The second-order valence-electron chi connectivity index (χ2n) is 4.69. The predicted octanol–water partition coefficient (Wildman–Crippen LogP) is 1.59. The van der Waals surface area contributed by atoms with Crippen molar-refractivity contribution in [3.63, 3.8) is 0 Å². The third-order valence-corrected chi connectivity index (χ3v) is 2.98. The van der Waals surface area contributed by atoms with Gasteiger partial charge in [0, 0.05) is 7.11 Å². The van der Waals surface area contributed by atoms with E-state index in [4.69, 9.17) is 9.84 Å². The molecule has 0 aliphatic carbocycles. The van der Waals surface area contributed by atoms with E-state index >= 15 is 0 Å². The molecule has 1 rings (SSSR count). The zero-order valence-electron chi connectivity index (χ0n) is 12.1. The van der Waals surface area contributed by atoms with Crippen molar-refractivity contribution < 1.29 is 23.8 Å². The van der Waals surface area contributed by atoms with Crippen LogP contribution in [0.5, 0.6) is 0 Å². The van der Waals surface area contributed by atoms with Crippen molar-refractivity contribution in [3.8, 4) is 0 Å². The molecule has 0 fully saturated rings. The molecular formula is C14H19FN2O4. The lowest BCUT2D eigenvalue weighted by molar-refractivity contribution is -0.140. The fourth-order valence-corrected chi connectivity index (χ4v) is 1.70. The molecule has 3 N–H and O–H groups in total. The van der Waals surface area contributed by atoms with E-state index in [1.165, 1.54) is 13.2 Å². The Hall–Kier alpha value is -2.15. The number of carboxylic acids is 1. The highest BCUT2D eigenvalue weighted by Gasteiger charge is 2.20. The highest BCUT2D eigenvalue weighted by molar-refractivity contribution is 5.82. The Morgan fingerprint density at radius 3 is 2.57 bits per heavy atom. The summed E-state index contributed by atoms with van der Waals surface area (Å²) in [6.45, 7) is 3.18. The lowest BCUT2D eigenvalue weighted by atomic mass is 10.1. The first-order valence-corrected chi connectivity index (χ1v) is 6.40. The van der Waals surface area contributed by atoms with Crippen LogP contribution in [-0.2, 0) is 9.53 Å². The van der Waals surface area contributed by atoms with E-state index in [2.05, 4.69) is 10.6 Å². The number of methoxy groups -OCH3 is 1. The van der Waals surface area contributed by atoms with Crippen molar-refractivity contribution >= 4 is 12.0 Å². The molecular weight excluding hydrogens is 279 g/mol. The van der Waals surface area contributed by atoms with Gasteiger partial charge in [0.15, 0.2) is 6.04 Å². The summed E-state index contributed by atoms with van der Waals surface area (Å²) >= 11 is 0. The molecule has 0 aliphatic rings. The summed E-state index contributed by atoms with van der Waals surface area (Å²) < 4.78 is 18.2. The van der Waals surface area contributed by atoms with Gasteiger partial charge in [-0.05, 0) is 31.0 Å². The number of hydrogen-bond acceptors (Lipinski definition) is 3. The van der Waals surface area contributed by atoms with Gasteiger partial charge in [0.1, 0.15) is 5.82 Å². The number of nitrogens with one attached hydrogen (secondary N) is 2. The maximum Gasteiger partial charge on any atom is 0.328 e. The summed E-state index contributed by atoms with van der Waals surface area (Å²) in [5, 5.41) is 13.7. The minimum Gasteiger partial charge on any atom is -0.480 e. The zero-order valence-corrected chi connectivity index (χ0v) is 12.1. The number of carboxylic acid groups (broad SMARTS) is 1. The van der Waals surface area contributed by atoms with Crippen molar-refractivity contribution in [2.75, 3.05) is 13.7 Å². The predicted molar refractivity (Wildman–Crippen MR) is 74.5 cm³/mol. The Labute approximate surface area is 122 Å². The number of urea groups is 1. The molecule has 2 atom stereocenters. The van der Waals surface area contributed by atoms with Crippen molar-refractivity contribution in [1.82, 2.24) is 10.6 Å². The van der Waals surface area contributed by atoms with E-state index in [0.29, 0.717) is 11.1 Å². The van der Waals surface area contributed by atoms with Crippen molar-refractivity contribution in [3.05, 3.63) is 35.1 Å². The van der Waals surface area contributed by atoms with Gasteiger partial charge >= 0.3 is 12.0 Å². The fourth-order valence-electron chi connectivity index (χ4n) is 1.70. The van der Waals surface area contributed by atoms with Crippen LogP contribution in [0.2, 0.25) is 0 Å². The molecule has 6 nitrogen and oxygen atoms in total.